The Morgan fingerprint density at radius 2 is 2.04 bits per heavy atom. The third-order valence-electron chi connectivity index (χ3n) is 3.38. The molecule has 23 heavy (non-hydrogen) atoms. The van der Waals surface area contributed by atoms with Gasteiger partial charge in [-0.1, -0.05) is 6.07 Å². The summed E-state index contributed by atoms with van der Waals surface area (Å²) in [7, 11) is 1.56. The van der Waals surface area contributed by atoms with Crippen LogP contribution in [0.15, 0.2) is 30.6 Å². The smallest absolute Gasteiger partial charge is 0.353 e. The lowest BCUT2D eigenvalue weighted by molar-refractivity contribution is -0.383. The molecule has 1 aromatic carbocycles. The molecule has 0 aliphatic rings. The van der Waals surface area contributed by atoms with Gasteiger partial charge in [0, 0.05) is 24.8 Å². The SMILES string of the molecule is CCN(CC)c1ncnc(Nc2cccc(OC)c2)c1[N+](=O)[O-]. The van der Waals surface area contributed by atoms with E-state index in [-0.39, 0.29) is 11.5 Å². The van der Waals surface area contributed by atoms with Crippen LogP contribution in [0.25, 0.3) is 0 Å². The number of ether oxygens (including phenoxy) is 1. The number of nitrogens with one attached hydrogen (secondary N) is 1. The zero-order valence-corrected chi connectivity index (χ0v) is 13.3. The van der Waals surface area contributed by atoms with Crippen LogP contribution in [0.2, 0.25) is 0 Å². The molecule has 0 fully saturated rings. The molecule has 1 N–H and O–H groups in total. The fourth-order valence-corrected chi connectivity index (χ4v) is 2.22. The van der Waals surface area contributed by atoms with Gasteiger partial charge in [0.05, 0.1) is 12.0 Å². The molecule has 0 saturated heterocycles. The van der Waals surface area contributed by atoms with Crippen molar-refractivity contribution in [3.05, 3.63) is 40.7 Å². The van der Waals surface area contributed by atoms with Gasteiger partial charge in [-0.15, -0.1) is 0 Å². The molecule has 0 bridgehead atoms. The summed E-state index contributed by atoms with van der Waals surface area (Å²) < 4.78 is 5.15. The molecule has 8 nitrogen and oxygen atoms in total. The van der Waals surface area contributed by atoms with E-state index in [0.717, 1.165) is 0 Å². The van der Waals surface area contributed by atoms with Crippen LogP contribution in [0.3, 0.4) is 0 Å². The maximum Gasteiger partial charge on any atom is 0.353 e. The molecule has 0 saturated carbocycles. The fourth-order valence-electron chi connectivity index (χ4n) is 2.22. The molecule has 122 valence electrons. The maximum absolute atomic E-state index is 11.5. The van der Waals surface area contributed by atoms with Crippen LogP contribution < -0.4 is 15.0 Å². The van der Waals surface area contributed by atoms with E-state index in [4.69, 9.17) is 4.74 Å². The van der Waals surface area contributed by atoms with E-state index >= 15 is 0 Å². The molecule has 0 spiro atoms. The number of rotatable bonds is 7. The molecular weight excluding hydrogens is 298 g/mol. The van der Waals surface area contributed by atoms with E-state index in [9.17, 15) is 10.1 Å². The molecule has 0 radical (unpaired) electrons. The van der Waals surface area contributed by atoms with Crippen LogP contribution in [0.5, 0.6) is 5.75 Å². The summed E-state index contributed by atoms with van der Waals surface area (Å²) in [6, 6.07) is 7.11. The largest absolute Gasteiger partial charge is 0.497 e. The van der Waals surface area contributed by atoms with Gasteiger partial charge in [-0.3, -0.25) is 10.1 Å². The third kappa shape index (κ3) is 3.65. The molecule has 2 rings (SSSR count). The van der Waals surface area contributed by atoms with Crippen molar-refractivity contribution in [3.63, 3.8) is 0 Å². The van der Waals surface area contributed by atoms with Gasteiger partial charge in [-0.2, -0.15) is 0 Å². The summed E-state index contributed by atoms with van der Waals surface area (Å²) in [5.41, 5.74) is 0.510. The van der Waals surface area contributed by atoms with Gasteiger partial charge in [0.15, 0.2) is 0 Å². The molecule has 1 heterocycles. The molecule has 8 heteroatoms. The lowest BCUT2D eigenvalue weighted by Gasteiger charge is -2.20. The van der Waals surface area contributed by atoms with Gasteiger partial charge in [0.25, 0.3) is 0 Å². The molecule has 2 aromatic rings. The first kappa shape index (κ1) is 16.5. The Kier molecular flexibility index (Phi) is 5.29. The third-order valence-corrected chi connectivity index (χ3v) is 3.38. The molecule has 1 aromatic heterocycles. The summed E-state index contributed by atoms with van der Waals surface area (Å²) in [5, 5.41) is 14.5. The average Bonchev–Trinajstić information content (AvgIpc) is 2.56. The van der Waals surface area contributed by atoms with E-state index in [2.05, 4.69) is 15.3 Å². The molecule has 0 atom stereocenters. The topological polar surface area (TPSA) is 93.4 Å². The number of hydrogen-bond donors (Lipinski definition) is 1. The second kappa shape index (κ2) is 7.39. The second-order valence-electron chi connectivity index (χ2n) is 4.68. The van der Waals surface area contributed by atoms with Crippen molar-refractivity contribution < 1.29 is 9.66 Å². The highest BCUT2D eigenvalue weighted by Crippen LogP contribution is 2.33. The van der Waals surface area contributed by atoms with Crippen LogP contribution in [0.4, 0.5) is 23.0 Å². The minimum Gasteiger partial charge on any atom is -0.497 e. The fraction of sp³-hybridized carbons (Fsp3) is 0.333. The summed E-state index contributed by atoms with van der Waals surface area (Å²) in [6.07, 6.45) is 1.32. The van der Waals surface area contributed by atoms with Crippen LogP contribution in [-0.2, 0) is 0 Å². The minimum absolute atomic E-state index is 0.140. The standard InChI is InChI=1S/C15H19N5O3/c1-4-19(5-2)15-13(20(21)22)14(16-10-17-15)18-11-7-6-8-12(9-11)23-3/h6-10H,4-5H2,1-3H3,(H,16,17,18). The van der Waals surface area contributed by atoms with Gasteiger partial charge in [-0.05, 0) is 26.0 Å². The van der Waals surface area contributed by atoms with Crippen molar-refractivity contribution in [1.29, 1.82) is 0 Å². The highest BCUT2D eigenvalue weighted by molar-refractivity contribution is 5.74. The van der Waals surface area contributed by atoms with Gasteiger partial charge in [0.2, 0.25) is 11.6 Å². The minimum atomic E-state index is -0.462. The summed E-state index contributed by atoms with van der Waals surface area (Å²) >= 11 is 0. The van der Waals surface area contributed by atoms with Crippen molar-refractivity contribution in [2.75, 3.05) is 30.4 Å². The predicted molar refractivity (Wildman–Crippen MR) is 88.5 cm³/mol. The first-order valence-corrected chi connectivity index (χ1v) is 7.26. The Hall–Kier alpha value is -2.90. The number of nitrogens with zero attached hydrogens (tertiary/aromatic N) is 4. The van der Waals surface area contributed by atoms with Crippen molar-refractivity contribution >= 4 is 23.0 Å². The van der Waals surface area contributed by atoms with E-state index < -0.39 is 4.92 Å². The van der Waals surface area contributed by atoms with Gasteiger partial charge in [0.1, 0.15) is 12.1 Å². The van der Waals surface area contributed by atoms with Crippen LogP contribution >= 0.6 is 0 Å². The van der Waals surface area contributed by atoms with E-state index in [0.29, 0.717) is 30.3 Å². The van der Waals surface area contributed by atoms with E-state index in [1.165, 1.54) is 6.33 Å². The Morgan fingerprint density at radius 1 is 1.30 bits per heavy atom. The number of methoxy groups -OCH3 is 1. The van der Waals surface area contributed by atoms with Crippen LogP contribution in [0, 0.1) is 10.1 Å². The highest BCUT2D eigenvalue weighted by atomic mass is 16.6. The zero-order chi connectivity index (χ0) is 16.8. The normalized spacial score (nSPS) is 10.2. The van der Waals surface area contributed by atoms with Crippen LogP contribution in [-0.4, -0.2) is 35.1 Å². The quantitative estimate of drug-likeness (QED) is 0.619. The van der Waals surface area contributed by atoms with Crippen molar-refractivity contribution in [1.82, 2.24) is 9.97 Å². The number of nitro groups is 1. The average molecular weight is 317 g/mol. The number of anilines is 3. The molecular formula is C15H19N5O3. The lowest BCUT2D eigenvalue weighted by Crippen LogP contribution is -2.24. The van der Waals surface area contributed by atoms with Crippen LogP contribution in [0.1, 0.15) is 13.8 Å². The van der Waals surface area contributed by atoms with Gasteiger partial charge < -0.3 is 15.0 Å². The van der Waals surface area contributed by atoms with Crippen molar-refractivity contribution in [2.24, 2.45) is 0 Å². The predicted octanol–water partition coefficient (Wildman–Crippen LogP) is 2.98. The van der Waals surface area contributed by atoms with Gasteiger partial charge >= 0.3 is 5.69 Å². The van der Waals surface area contributed by atoms with Crippen molar-refractivity contribution in [2.45, 2.75) is 13.8 Å². The first-order chi connectivity index (χ1) is 11.1. The molecule has 0 unspecified atom stereocenters. The number of benzene rings is 1. The maximum atomic E-state index is 11.5. The Bertz CT molecular complexity index is 689. The Balaban J connectivity index is 2.45. The van der Waals surface area contributed by atoms with Crippen molar-refractivity contribution in [3.8, 4) is 5.75 Å². The summed E-state index contributed by atoms with van der Waals surface area (Å²) in [5.74, 6) is 1.11. The lowest BCUT2D eigenvalue weighted by atomic mass is 10.3. The number of hydrogen-bond acceptors (Lipinski definition) is 7. The monoisotopic (exact) mass is 317 g/mol. The molecule has 0 aliphatic carbocycles. The Labute approximate surface area is 134 Å². The molecule has 0 aliphatic heterocycles. The number of aromatic nitrogens is 2. The zero-order valence-electron chi connectivity index (χ0n) is 13.3. The summed E-state index contributed by atoms with van der Waals surface area (Å²) in [6.45, 7) is 5.08. The van der Waals surface area contributed by atoms with Gasteiger partial charge in [-0.25, -0.2) is 9.97 Å². The van der Waals surface area contributed by atoms with E-state index in [1.807, 2.05) is 18.7 Å². The first-order valence-electron chi connectivity index (χ1n) is 7.26. The second-order valence-corrected chi connectivity index (χ2v) is 4.68. The van der Waals surface area contributed by atoms with E-state index in [1.54, 1.807) is 31.4 Å². The highest BCUT2D eigenvalue weighted by Gasteiger charge is 2.26. The summed E-state index contributed by atoms with van der Waals surface area (Å²) in [4.78, 5) is 21.0. The Morgan fingerprint density at radius 3 is 2.65 bits per heavy atom. The molecule has 0 amide bonds.